The van der Waals surface area contributed by atoms with E-state index < -0.39 is 48.7 Å². The lowest BCUT2D eigenvalue weighted by molar-refractivity contribution is -0.267. The van der Waals surface area contributed by atoms with Crippen molar-refractivity contribution in [2.75, 3.05) is 13.2 Å². The van der Waals surface area contributed by atoms with Crippen LogP contribution in [0.1, 0.15) is 35.6 Å². The third kappa shape index (κ3) is 10.4. The molecule has 0 bridgehead atoms. The van der Waals surface area contributed by atoms with Crippen LogP contribution in [-0.4, -0.2) is 55.5 Å². The Bertz CT molecular complexity index is 1480. The molecule has 0 aliphatic carbocycles. The molecular formula is C39H42O8. The van der Waals surface area contributed by atoms with Crippen LogP contribution in [0.3, 0.4) is 0 Å². The zero-order valence-electron chi connectivity index (χ0n) is 26.6. The number of rotatable bonds is 17. The molecule has 1 aliphatic rings. The van der Waals surface area contributed by atoms with Gasteiger partial charge < -0.3 is 28.4 Å². The highest BCUT2D eigenvalue weighted by molar-refractivity contribution is 5.98. The third-order valence-corrected chi connectivity index (χ3v) is 7.82. The minimum Gasteiger partial charge on any atom is -0.466 e. The normalized spacial score (nSPS) is 20.8. The van der Waals surface area contributed by atoms with E-state index in [0.717, 1.165) is 22.3 Å². The predicted molar refractivity (Wildman–Crippen MR) is 176 cm³/mol. The van der Waals surface area contributed by atoms with Crippen molar-refractivity contribution in [2.45, 2.75) is 70.3 Å². The maximum absolute atomic E-state index is 13.8. The van der Waals surface area contributed by atoms with E-state index in [1.807, 2.05) is 121 Å². The van der Waals surface area contributed by atoms with Gasteiger partial charge in [0.05, 0.1) is 39.6 Å². The molecule has 246 valence electrons. The summed E-state index contributed by atoms with van der Waals surface area (Å²) in [6, 6.07) is 39.1. The summed E-state index contributed by atoms with van der Waals surface area (Å²) in [4.78, 5) is 26.3. The van der Waals surface area contributed by atoms with E-state index in [-0.39, 0.29) is 33.0 Å². The quantitative estimate of drug-likeness (QED) is 0.0991. The van der Waals surface area contributed by atoms with Gasteiger partial charge in [-0.25, -0.2) is 0 Å². The van der Waals surface area contributed by atoms with Gasteiger partial charge in [0.2, 0.25) is 0 Å². The molecule has 47 heavy (non-hydrogen) atoms. The van der Waals surface area contributed by atoms with Crippen LogP contribution in [0.2, 0.25) is 0 Å². The van der Waals surface area contributed by atoms with Crippen LogP contribution in [0.5, 0.6) is 0 Å². The Labute approximate surface area is 276 Å². The minimum absolute atomic E-state index is 0.119. The van der Waals surface area contributed by atoms with Crippen molar-refractivity contribution in [3.05, 3.63) is 144 Å². The van der Waals surface area contributed by atoms with Crippen LogP contribution in [0.4, 0.5) is 0 Å². The number of hydrogen-bond donors (Lipinski definition) is 0. The Balaban J connectivity index is 1.47. The van der Waals surface area contributed by atoms with Gasteiger partial charge in [-0.05, 0) is 29.2 Å². The molecule has 1 aliphatic heterocycles. The molecule has 0 unspecified atom stereocenters. The summed E-state index contributed by atoms with van der Waals surface area (Å²) in [6.07, 6.45) is -4.63. The lowest BCUT2D eigenvalue weighted by atomic mass is 9.91. The van der Waals surface area contributed by atoms with Gasteiger partial charge in [0.25, 0.3) is 0 Å². The molecule has 0 aromatic heterocycles. The smallest absolute Gasteiger partial charge is 0.313 e. The highest BCUT2D eigenvalue weighted by Crippen LogP contribution is 2.32. The molecule has 5 rings (SSSR count). The second-order valence-corrected chi connectivity index (χ2v) is 11.3. The Hall–Kier alpha value is -4.18. The summed E-state index contributed by atoms with van der Waals surface area (Å²) in [5, 5.41) is 0. The summed E-state index contributed by atoms with van der Waals surface area (Å²) in [5.41, 5.74) is 3.84. The SMILES string of the molecule is CCOC(=O)CC(=O)[C@@H]1O[C@H](COCc2ccccc2)[C@H](OCc2ccccc2)[C@H](OCc2ccccc2)[C@H]1OCc1ccccc1. The van der Waals surface area contributed by atoms with E-state index in [0.29, 0.717) is 6.61 Å². The second-order valence-electron chi connectivity index (χ2n) is 11.3. The van der Waals surface area contributed by atoms with Crippen molar-refractivity contribution >= 4 is 11.8 Å². The standard InChI is InChI=1S/C39H42O8/c1-2-43-35(41)23-33(40)36-38(45-26-31-19-11-5-12-20-31)39(46-27-32-21-13-6-14-22-32)37(44-25-30-17-9-4-10-18-30)34(47-36)28-42-24-29-15-7-3-8-16-29/h3-22,34,36-39H,2,23-28H2,1H3/t34-,36+,37+,38+,39+/m1/s1. The van der Waals surface area contributed by atoms with Crippen molar-refractivity contribution in [1.82, 2.24) is 0 Å². The molecule has 4 aromatic rings. The highest BCUT2D eigenvalue weighted by atomic mass is 16.6. The average Bonchev–Trinajstić information content (AvgIpc) is 3.11. The summed E-state index contributed by atoms with van der Waals surface area (Å²) in [5.74, 6) is -1.08. The molecule has 0 N–H and O–H groups in total. The van der Waals surface area contributed by atoms with Crippen molar-refractivity contribution < 1.29 is 38.0 Å². The molecule has 0 radical (unpaired) electrons. The Morgan fingerprint density at radius 2 is 1.00 bits per heavy atom. The van der Waals surface area contributed by atoms with Gasteiger partial charge in [0.1, 0.15) is 36.9 Å². The third-order valence-electron chi connectivity index (χ3n) is 7.82. The summed E-state index contributed by atoms with van der Waals surface area (Å²) in [7, 11) is 0. The molecule has 0 spiro atoms. The lowest BCUT2D eigenvalue weighted by Crippen LogP contribution is -2.63. The van der Waals surface area contributed by atoms with Crippen LogP contribution >= 0.6 is 0 Å². The maximum Gasteiger partial charge on any atom is 0.313 e. The first-order chi connectivity index (χ1) is 23.1. The molecule has 0 amide bonds. The van der Waals surface area contributed by atoms with Crippen LogP contribution in [-0.2, 0) is 64.4 Å². The van der Waals surface area contributed by atoms with Crippen molar-refractivity contribution in [3.63, 3.8) is 0 Å². The molecule has 5 atom stereocenters. The number of ether oxygens (including phenoxy) is 6. The number of Topliss-reactive ketones (excluding diaryl/α,β-unsaturated/α-hetero) is 1. The van der Waals surface area contributed by atoms with E-state index in [1.165, 1.54) is 0 Å². The van der Waals surface area contributed by atoms with Gasteiger partial charge in [0, 0.05) is 0 Å². The molecule has 8 nitrogen and oxygen atoms in total. The zero-order valence-corrected chi connectivity index (χ0v) is 26.6. The van der Waals surface area contributed by atoms with E-state index in [2.05, 4.69) is 0 Å². The number of benzene rings is 4. The molecule has 8 heteroatoms. The first kappa shape index (κ1) is 34.2. The summed E-state index contributed by atoms with van der Waals surface area (Å²) in [6.45, 7) is 3.06. The molecule has 1 fully saturated rings. The molecular weight excluding hydrogens is 596 g/mol. The number of carbonyl (C=O) groups excluding carboxylic acids is 2. The fraction of sp³-hybridized carbons (Fsp3) is 0.333. The largest absolute Gasteiger partial charge is 0.466 e. The summed E-state index contributed by atoms with van der Waals surface area (Å²) >= 11 is 0. The number of ketones is 1. The van der Waals surface area contributed by atoms with E-state index in [9.17, 15) is 9.59 Å². The fourth-order valence-electron chi connectivity index (χ4n) is 5.50. The highest BCUT2D eigenvalue weighted by Gasteiger charge is 2.51. The van der Waals surface area contributed by atoms with Crippen LogP contribution in [0, 0.1) is 0 Å². The Morgan fingerprint density at radius 3 is 1.47 bits per heavy atom. The van der Waals surface area contributed by atoms with Gasteiger partial charge in [-0.3, -0.25) is 9.59 Å². The minimum atomic E-state index is -1.13. The maximum atomic E-state index is 13.8. The number of carbonyl (C=O) groups is 2. The fourth-order valence-corrected chi connectivity index (χ4v) is 5.50. The van der Waals surface area contributed by atoms with Crippen LogP contribution in [0.15, 0.2) is 121 Å². The van der Waals surface area contributed by atoms with E-state index in [1.54, 1.807) is 6.92 Å². The van der Waals surface area contributed by atoms with Gasteiger partial charge in [-0.1, -0.05) is 121 Å². The van der Waals surface area contributed by atoms with E-state index >= 15 is 0 Å². The van der Waals surface area contributed by atoms with E-state index in [4.69, 9.17) is 28.4 Å². The second kappa shape index (κ2) is 18.2. The number of hydrogen-bond acceptors (Lipinski definition) is 8. The first-order valence-electron chi connectivity index (χ1n) is 16.0. The first-order valence-corrected chi connectivity index (χ1v) is 16.0. The van der Waals surface area contributed by atoms with Crippen molar-refractivity contribution in [2.24, 2.45) is 0 Å². The van der Waals surface area contributed by atoms with Gasteiger partial charge >= 0.3 is 5.97 Å². The monoisotopic (exact) mass is 638 g/mol. The van der Waals surface area contributed by atoms with Gasteiger partial charge in [-0.2, -0.15) is 0 Å². The van der Waals surface area contributed by atoms with Gasteiger partial charge in [0.15, 0.2) is 5.78 Å². The number of esters is 1. The lowest BCUT2D eigenvalue weighted by Gasteiger charge is -2.45. The van der Waals surface area contributed by atoms with Crippen molar-refractivity contribution in [3.8, 4) is 0 Å². The predicted octanol–water partition coefficient (Wildman–Crippen LogP) is 6.25. The zero-order chi connectivity index (χ0) is 32.7. The van der Waals surface area contributed by atoms with Gasteiger partial charge in [-0.15, -0.1) is 0 Å². The molecule has 1 heterocycles. The Kier molecular flexibility index (Phi) is 13.3. The molecule has 4 aromatic carbocycles. The average molecular weight is 639 g/mol. The van der Waals surface area contributed by atoms with Crippen molar-refractivity contribution in [1.29, 1.82) is 0 Å². The molecule has 0 saturated carbocycles. The Morgan fingerprint density at radius 1 is 0.574 bits per heavy atom. The summed E-state index contributed by atoms with van der Waals surface area (Å²) < 4.78 is 37.6. The topological polar surface area (TPSA) is 89.5 Å². The molecule has 1 saturated heterocycles. The van der Waals surface area contributed by atoms with Crippen LogP contribution in [0.25, 0.3) is 0 Å². The van der Waals surface area contributed by atoms with Crippen LogP contribution < -0.4 is 0 Å².